The molecule has 28 heavy (non-hydrogen) atoms. The zero-order valence-electron chi connectivity index (χ0n) is 16.0. The number of rotatable bonds is 3. The lowest BCUT2D eigenvalue weighted by atomic mass is 9.96. The van der Waals surface area contributed by atoms with Gasteiger partial charge in [-0.3, -0.25) is 9.59 Å². The molecule has 3 heterocycles. The average molecular weight is 446 g/mol. The molecular weight excluding hydrogens is 422 g/mol. The van der Waals surface area contributed by atoms with Gasteiger partial charge >= 0.3 is 0 Å². The molecule has 0 unspecified atom stereocenters. The number of nitrogens with zero attached hydrogens (tertiary/aromatic N) is 3. The molecule has 2 aromatic rings. The van der Waals surface area contributed by atoms with Gasteiger partial charge in [0.05, 0.1) is 5.56 Å². The van der Waals surface area contributed by atoms with E-state index in [-0.39, 0.29) is 17.7 Å². The summed E-state index contributed by atoms with van der Waals surface area (Å²) >= 11 is 3.46. The smallest absolute Gasteiger partial charge is 0.276 e. The van der Waals surface area contributed by atoms with Gasteiger partial charge in [-0.2, -0.15) is 0 Å². The van der Waals surface area contributed by atoms with Crippen LogP contribution >= 0.6 is 15.9 Å². The quantitative estimate of drug-likeness (QED) is 0.715. The molecule has 0 spiro atoms. The van der Waals surface area contributed by atoms with Gasteiger partial charge in [-0.25, -0.2) is 4.98 Å². The highest BCUT2D eigenvalue weighted by Crippen LogP contribution is 2.30. The van der Waals surface area contributed by atoms with E-state index in [4.69, 9.17) is 4.42 Å². The van der Waals surface area contributed by atoms with Crippen LogP contribution in [0.1, 0.15) is 64.1 Å². The predicted molar refractivity (Wildman–Crippen MR) is 108 cm³/mol. The number of oxazole rings is 1. The molecule has 2 fully saturated rings. The lowest BCUT2D eigenvalue weighted by molar-refractivity contribution is 0.0704. The SMILES string of the molecule is Cc1oc(C2CCN(C(=O)c3ccccc3Br)CC2)nc1C(=O)N1CCCC1. The van der Waals surface area contributed by atoms with Gasteiger partial charge in [-0.1, -0.05) is 12.1 Å². The normalized spacial score (nSPS) is 17.9. The van der Waals surface area contributed by atoms with Crippen molar-refractivity contribution in [1.82, 2.24) is 14.8 Å². The Morgan fingerprint density at radius 1 is 1.04 bits per heavy atom. The number of likely N-dealkylation sites (tertiary alicyclic amines) is 2. The van der Waals surface area contributed by atoms with Crippen molar-refractivity contribution in [2.24, 2.45) is 0 Å². The molecule has 7 heteroatoms. The van der Waals surface area contributed by atoms with E-state index in [0.29, 0.717) is 36.0 Å². The molecule has 2 aliphatic rings. The van der Waals surface area contributed by atoms with E-state index < -0.39 is 0 Å². The van der Waals surface area contributed by atoms with Crippen molar-refractivity contribution in [3.8, 4) is 0 Å². The summed E-state index contributed by atoms with van der Waals surface area (Å²) < 4.78 is 6.68. The second-order valence-corrected chi connectivity index (χ2v) is 8.36. The topological polar surface area (TPSA) is 66.7 Å². The summed E-state index contributed by atoms with van der Waals surface area (Å²) in [5.74, 6) is 1.39. The molecule has 1 aromatic carbocycles. The maximum atomic E-state index is 12.8. The van der Waals surface area contributed by atoms with Crippen molar-refractivity contribution in [2.45, 2.75) is 38.5 Å². The van der Waals surface area contributed by atoms with Gasteiger partial charge in [-0.05, 0) is 60.7 Å². The number of benzene rings is 1. The van der Waals surface area contributed by atoms with Crippen LogP contribution in [-0.2, 0) is 0 Å². The third-order valence-electron chi connectivity index (χ3n) is 5.64. The van der Waals surface area contributed by atoms with Gasteiger partial charge in [0.1, 0.15) is 5.76 Å². The average Bonchev–Trinajstić information content (AvgIpc) is 3.37. The highest BCUT2D eigenvalue weighted by molar-refractivity contribution is 9.10. The lowest BCUT2D eigenvalue weighted by Crippen LogP contribution is -2.38. The first-order chi connectivity index (χ1) is 13.5. The number of hydrogen-bond acceptors (Lipinski definition) is 4. The molecule has 2 saturated heterocycles. The van der Waals surface area contributed by atoms with E-state index >= 15 is 0 Å². The summed E-state index contributed by atoms with van der Waals surface area (Å²) in [4.78, 5) is 33.7. The van der Waals surface area contributed by atoms with E-state index in [9.17, 15) is 9.59 Å². The fourth-order valence-electron chi connectivity index (χ4n) is 3.99. The van der Waals surface area contributed by atoms with Gasteiger partial charge in [0.2, 0.25) is 0 Å². The molecule has 1 aromatic heterocycles. The van der Waals surface area contributed by atoms with Crippen LogP contribution in [0, 0.1) is 6.92 Å². The molecule has 6 nitrogen and oxygen atoms in total. The molecule has 4 rings (SSSR count). The van der Waals surface area contributed by atoms with E-state index in [1.807, 2.05) is 41.0 Å². The van der Waals surface area contributed by atoms with Crippen molar-refractivity contribution in [1.29, 1.82) is 0 Å². The second-order valence-electron chi connectivity index (χ2n) is 7.50. The summed E-state index contributed by atoms with van der Waals surface area (Å²) in [7, 11) is 0. The van der Waals surface area contributed by atoms with Gasteiger partial charge in [0.25, 0.3) is 11.8 Å². The van der Waals surface area contributed by atoms with Crippen LogP contribution in [0.5, 0.6) is 0 Å². The van der Waals surface area contributed by atoms with Crippen molar-refractivity contribution in [2.75, 3.05) is 26.2 Å². The summed E-state index contributed by atoms with van der Waals surface area (Å²) in [6.07, 6.45) is 3.68. The van der Waals surface area contributed by atoms with E-state index in [0.717, 1.165) is 43.2 Å². The third kappa shape index (κ3) is 3.72. The molecule has 0 atom stereocenters. The van der Waals surface area contributed by atoms with Crippen LogP contribution < -0.4 is 0 Å². The van der Waals surface area contributed by atoms with Crippen LogP contribution in [0.15, 0.2) is 33.2 Å². The molecule has 0 N–H and O–H groups in total. The van der Waals surface area contributed by atoms with Crippen molar-refractivity contribution < 1.29 is 14.0 Å². The van der Waals surface area contributed by atoms with E-state index in [2.05, 4.69) is 20.9 Å². The monoisotopic (exact) mass is 445 g/mol. The fraction of sp³-hybridized carbons (Fsp3) is 0.476. The molecule has 0 aliphatic carbocycles. The standard InChI is InChI=1S/C21H24BrN3O3/c1-14-18(21(27)24-10-4-5-11-24)23-19(28-14)15-8-12-25(13-9-15)20(26)16-6-2-3-7-17(16)22/h2-3,6-7,15H,4-5,8-13H2,1H3. The number of hydrogen-bond donors (Lipinski definition) is 0. The highest BCUT2D eigenvalue weighted by atomic mass is 79.9. The van der Waals surface area contributed by atoms with Crippen LogP contribution in [0.4, 0.5) is 0 Å². The Morgan fingerprint density at radius 2 is 1.68 bits per heavy atom. The Balaban J connectivity index is 1.41. The lowest BCUT2D eigenvalue weighted by Gasteiger charge is -2.31. The molecule has 0 bridgehead atoms. The summed E-state index contributed by atoms with van der Waals surface area (Å²) in [5.41, 5.74) is 1.13. The fourth-order valence-corrected chi connectivity index (χ4v) is 4.45. The summed E-state index contributed by atoms with van der Waals surface area (Å²) in [6.45, 7) is 4.72. The van der Waals surface area contributed by atoms with Crippen LogP contribution in [0.2, 0.25) is 0 Å². The number of carbonyl (C=O) groups is 2. The van der Waals surface area contributed by atoms with E-state index in [1.54, 1.807) is 0 Å². The van der Waals surface area contributed by atoms with Crippen LogP contribution in [0.3, 0.4) is 0 Å². The van der Waals surface area contributed by atoms with Gasteiger partial charge in [0, 0.05) is 36.6 Å². The Bertz CT molecular complexity index is 881. The number of piperidine rings is 1. The minimum atomic E-state index is -0.0217. The Labute approximate surface area is 173 Å². The number of carbonyl (C=O) groups excluding carboxylic acids is 2. The molecule has 148 valence electrons. The molecule has 0 saturated carbocycles. The number of aryl methyl sites for hydroxylation is 1. The molecule has 2 amide bonds. The zero-order chi connectivity index (χ0) is 19.7. The first-order valence-electron chi connectivity index (χ1n) is 9.85. The third-order valence-corrected chi connectivity index (χ3v) is 6.34. The zero-order valence-corrected chi connectivity index (χ0v) is 17.6. The highest BCUT2D eigenvalue weighted by Gasteiger charge is 2.31. The summed E-state index contributed by atoms with van der Waals surface area (Å²) in [6, 6.07) is 7.50. The van der Waals surface area contributed by atoms with E-state index in [1.165, 1.54) is 0 Å². The first kappa shape index (κ1) is 19.2. The van der Waals surface area contributed by atoms with Crippen LogP contribution in [0.25, 0.3) is 0 Å². The second kappa shape index (κ2) is 8.07. The number of halogens is 1. The maximum absolute atomic E-state index is 12.8. The minimum Gasteiger partial charge on any atom is -0.445 e. The molecule has 2 aliphatic heterocycles. The molecule has 0 radical (unpaired) electrons. The summed E-state index contributed by atoms with van der Waals surface area (Å²) in [5, 5.41) is 0. The Kier molecular flexibility index (Phi) is 5.53. The Hall–Kier alpha value is -2.15. The van der Waals surface area contributed by atoms with Gasteiger partial charge < -0.3 is 14.2 Å². The van der Waals surface area contributed by atoms with Gasteiger partial charge in [-0.15, -0.1) is 0 Å². The number of amides is 2. The molecular formula is C21H24BrN3O3. The van der Waals surface area contributed by atoms with Crippen molar-refractivity contribution >= 4 is 27.7 Å². The predicted octanol–water partition coefficient (Wildman–Crippen LogP) is 4.00. The van der Waals surface area contributed by atoms with Crippen LogP contribution in [-0.4, -0.2) is 52.8 Å². The van der Waals surface area contributed by atoms with Crippen molar-refractivity contribution in [3.05, 3.63) is 51.6 Å². The minimum absolute atomic E-state index is 0.0217. The Morgan fingerprint density at radius 3 is 2.36 bits per heavy atom. The maximum Gasteiger partial charge on any atom is 0.276 e. The van der Waals surface area contributed by atoms with Gasteiger partial charge in [0.15, 0.2) is 11.6 Å². The van der Waals surface area contributed by atoms with Crippen molar-refractivity contribution in [3.63, 3.8) is 0 Å². The first-order valence-corrected chi connectivity index (χ1v) is 10.6. The number of aromatic nitrogens is 1. The largest absolute Gasteiger partial charge is 0.445 e.